The molecule has 1 heterocycles. The number of halogens is 1. The topological polar surface area (TPSA) is 72.3 Å². The minimum atomic E-state index is -0.734. The van der Waals surface area contributed by atoms with E-state index in [9.17, 15) is 9.18 Å². The fraction of sp³-hybridized carbons (Fsp3) is 0.500. The number of piperidine rings is 1. The lowest BCUT2D eigenvalue weighted by Crippen LogP contribution is -2.50. The maximum Gasteiger partial charge on any atom is 0.253 e. The van der Waals surface area contributed by atoms with Gasteiger partial charge in [0.05, 0.1) is 11.3 Å². The summed E-state index contributed by atoms with van der Waals surface area (Å²) in [6, 6.07) is 4.68. The quantitative estimate of drug-likeness (QED) is 0.872. The summed E-state index contributed by atoms with van der Waals surface area (Å²) in [6.07, 6.45) is 3.06. The first-order valence-corrected chi connectivity index (χ1v) is 6.63. The van der Waals surface area contributed by atoms with E-state index in [-0.39, 0.29) is 17.6 Å². The van der Waals surface area contributed by atoms with E-state index in [2.05, 4.69) is 0 Å². The highest BCUT2D eigenvalue weighted by Crippen LogP contribution is 2.30. The van der Waals surface area contributed by atoms with Crippen molar-refractivity contribution in [3.63, 3.8) is 0 Å². The first-order chi connectivity index (χ1) is 9.02. The molecule has 0 aromatic heterocycles. The number of carbonyl (C=O) groups is 1. The summed E-state index contributed by atoms with van der Waals surface area (Å²) in [7, 11) is 0. The van der Waals surface area contributed by atoms with Crippen molar-refractivity contribution in [1.82, 2.24) is 0 Å². The normalized spacial score (nSPS) is 21.2. The van der Waals surface area contributed by atoms with E-state index < -0.39 is 11.7 Å². The molecule has 104 valence electrons. The lowest BCUT2D eigenvalue weighted by Gasteiger charge is -2.40. The Bertz CT molecular complexity index is 476. The minimum absolute atomic E-state index is 0.0324. The van der Waals surface area contributed by atoms with Crippen molar-refractivity contribution < 1.29 is 9.18 Å². The van der Waals surface area contributed by atoms with E-state index in [0.29, 0.717) is 5.69 Å². The number of nitrogens with two attached hydrogens (primary N) is 2. The summed E-state index contributed by atoms with van der Waals surface area (Å²) in [4.78, 5) is 13.5. The number of carbonyl (C=O) groups excluding carboxylic acids is 1. The average molecular weight is 265 g/mol. The van der Waals surface area contributed by atoms with Gasteiger partial charge < -0.3 is 16.4 Å². The fourth-order valence-electron chi connectivity index (χ4n) is 2.80. The first-order valence-electron chi connectivity index (χ1n) is 6.63. The summed E-state index contributed by atoms with van der Waals surface area (Å²) in [6.45, 7) is 2.71. The minimum Gasteiger partial charge on any atom is -0.366 e. The Balaban J connectivity index is 2.44. The molecule has 19 heavy (non-hydrogen) atoms. The molecule has 4 N–H and O–H groups in total. The van der Waals surface area contributed by atoms with Crippen LogP contribution in [-0.2, 0) is 0 Å². The summed E-state index contributed by atoms with van der Waals surface area (Å²) in [5.74, 6) is -1.30. The summed E-state index contributed by atoms with van der Waals surface area (Å²) >= 11 is 0. The number of primary amides is 1. The molecule has 1 amide bonds. The third kappa shape index (κ3) is 2.71. The lowest BCUT2D eigenvalue weighted by molar-refractivity contribution is 0.0996. The van der Waals surface area contributed by atoms with Gasteiger partial charge in [0.25, 0.3) is 5.91 Å². The van der Waals surface area contributed by atoms with Crippen molar-refractivity contribution >= 4 is 11.6 Å². The highest BCUT2D eigenvalue weighted by atomic mass is 19.1. The predicted octanol–water partition coefficient (Wildman–Crippen LogP) is 1.63. The van der Waals surface area contributed by atoms with E-state index in [1.54, 1.807) is 12.1 Å². The number of nitrogens with zero attached hydrogens (tertiary/aromatic N) is 1. The monoisotopic (exact) mass is 265 g/mol. The predicted molar refractivity (Wildman–Crippen MR) is 73.6 cm³/mol. The standard InChI is InChI=1S/C14H20FN3O/c1-9(16)11-6-2-3-8-18(11)12-7-4-5-10(15)13(12)14(17)19/h4-5,7,9,11H,2-3,6,8,16H2,1H3,(H2,17,19). The van der Waals surface area contributed by atoms with Gasteiger partial charge in [0.1, 0.15) is 5.82 Å². The van der Waals surface area contributed by atoms with Crippen LogP contribution in [0.4, 0.5) is 10.1 Å². The van der Waals surface area contributed by atoms with Gasteiger partial charge in [-0.25, -0.2) is 4.39 Å². The smallest absolute Gasteiger partial charge is 0.253 e. The van der Waals surface area contributed by atoms with Gasteiger partial charge >= 0.3 is 0 Å². The Hall–Kier alpha value is -1.62. The van der Waals surface area contributed by atoms with Crippen molar-refractivity contribution in [3.05, 3.63) is 29.6 Å². The third-order valence-electron chi connectivity index (χ3n) is 3.70. The van der Waals surface area contributed by atoms with Gasteiger partial charge in [-0.2, -0.15) is 0 Å². The van der Waals surface area contributed by atoms with Gasteiger partial charge in [-0.3, -0.25) is 4.79 Å². The molecule has 1 fully saturated rings. The first kappa shape index (κ1) is 13.8. The molecule has 1 aliphatic heterocycles. The summed E-state index contributed by atoms with van der Waals surface area (Å²) < 4.78 is 13.8. The second-order valence-corrected chi connectivity index (χ2v) is 5.11. The number of anilines is 1. The highest BCUT2D eigenvalue weighted by Gasteiger charge is 2.29. The maximum absolute atomic E-state index is 13.8. The fourth-order valence-corrected chi connectivity index (χ4v) is 2.80. The molecule has 2 atom stereocenters. The molecule has 0 aliphatic carbocycles. The molecule has 1 aromatic carbocycles. The summed E-state index contributed by atoms with van der Waals surface area (Å²) in [5.41, 5.74) is 11.8. The molecule has 4 nitrogen and oxygen atoms in total. The lowest BCUT2D eigenvalue weighted by atomic mass is 9.95. The second kappa shape index (κ2) is 5.57. The Morgan fingerprint density at radius 3 is 2.84 bits per heavy atom. The van der Waals surface area contributed by atoms with Gasteiger partial charge in [-0.05, 0) is 38.3 Å². The van der Waals surface area contributed by atoms with E-state index in [1.807, 2.05) is 11.8 Å². The number of rotatable bonds is 3. The Kier molecular flexibility index (Phi) is 4.04. The molecule has 0 spiro atoms. The van der Waals surface area contributed by atoms with Gasteiger partial charge in [0.2, 0.25) is 0 Å². The molecule has 0 bridgehead atoms. The van der Waals surface area contributed by atoms with E-state index in [0.717, 1.165) is 25.8 Å². The molecule has 5 heteroatoms. The third-order valence-corrected chi connectivity index (χ3v) is 3.70. The van der Waals surface area contributed by atoms with Crippen molar-refractivity contribution in [2.24, 2.45) is 11.5 Å². The van der Waals surface area contributed by atoms with E-state index in [4.69, 9.17) is 11.5 Å². The van der Waals surface area contributed by atoms with E-state index in [1.165, 1.54) is 6.07 Å². The van der Waals surface area contributed by atoms with Crippen molar-refractivity contribution in [2.45, 2.75) is 38.3 Å². The summed E-state index contributed by atoms with van der Waals surface area (Å²) in [5, 5.41) is 0. The highest BCUT2D eigenvalue weighted by molar-refractivity contribution is 5.99. The van der Waals surface area contributed by atoms with Gasteiger partial charge in [0.15, 0.2) is 0 Å². The average Bonchev–Trinajstić information content (AvgIpc) is 2.37. The van der Waals surface area contributed by atoms with Crippen LogP contribution in [0.15, 0.2) is 18.2 Å². The number of hydrogen-bond donors (Lipinski definition) is 2. The zero-order chi connectivity index (χ0) is 14.0. The number of amides is 1. The molecule has 1 aliphatic rings. The maximum atomic E-state index is 13.8. The van der Waals surface area contributed by atoms with Crippen molar-refractivity contribution in [3.8, 4) is 0 Å². The van der Waals surface area contributed by atoms with Crippen LogP contribution in [0.25, 0.3) is 0 Å². The van der Waals surface area contributed by atoms with Crippen LogP contribution >= 0.6 is 0 Å². The zero-order valence-corrected chi connectivity index (χ0v) is 11.1. The molecule has 1 saturated heterocycles. The molecule has 1 aromatic rings. The van der Waals surface area contributed by atoms with E-state index >= 15 is 0 Å². The zero-order valence-electron chi connectivity index (χ0n) is 11.1. The molecule has 2 rings (SSSR count). The second-order valence-electron chi connectivity index (χ2n) is 5.11. The molecule has 0 radical (unpaired) electrons. The van der Waals surface area contributed by atoms with Gasteiger partial charge in [0, 0.05) is 18.6 Å². The SMILES string of the molecule is CC(N)C1CCCCN1c1cccc(F)c1C(N)=O. The van der Waals surface area contributed by atoms with Crippen LogP contribution in [-0.4, -0.2) is 24.5 Å². The van der Waals surface area contributed by atoms with Crippen LogP contribution in [0.3, 0.4) is 0 Å². The molecule has 2 unspecified atom stereocenters. The van der Waals surface area contributed by atoms with Crippen molar-refractivity contribution in [2.75, 3.05) is 11.4 Å². The van der Waals surface area contributed by atoms with Crippen LogP contribution in [0.5, 0.6) is 0 Å². The van der Waals surface area contributed by atoms with Crippen LogP contribution in [0.2, 0.25) is 0 Å². The number of hydrogen-bond acceptors (Lipinski definition) is 3. The Morgan fingerprint density at radius 2 is 2.21 bits per heavy atom. The largest absolute Gasteiger partial charge is 0.366 e. The molecule has 0 saturated carbocycles. The Morgan fingerprint density at radius 1 is 1.47 bits per heavy atom. The molecular weight excluding hydrogens is 245 g/mol. The van der Waals surface area contributed by atoms with Gasteiger partial charge in [-0.15, -0.1) is 0 Å². The number of benzene rings is 1. The molecular formula is C14H20FN3O. The van der Waals surface area contributed by atoms with Crippen LogP contribution in [0.1, 0.15) is 36.5 Å². The Labute approximate surface area is 112 Å². The van der Waals surface area contributed by atoms with Gasteiger partial charge in [-0.1, -0.05) is 6.07 Å². The van der Waals surface area contributed by atoms with Crippen LogP contribution in [0, 0.1) is 5.82 Å². The van der Waals surface area contributed by atoms with Crippen LogP contribution < -0.4 is 16.4 Å². The van der Waals surface area contributed by atoms with Crippen molar-refractivity contribution in [1.29, 1.82) is 0 Å².